The fourth-order valence-electron chi connectivity index (χ4n) is 2.09. The van der Waals surface area contributed by atoms with E-state index in [9.17, 15) is 4.79 Å². The van der Waals surface area contributed by atoms with E-state index in [0.29, 0.717) is 0 Å². The first-order chi connectivity index (χ1) is 9.19. The molecule has 0 bridgehead atoms. The molecule has 0 saturated carbocycles. The zero-order chi connectivity index (χ0) is 14.1. The van der Waals surface area contributed by atoms with Crippen molar-refractivity contribution in [2.24, 2.45) is 0 Å². The minimum absolute atomic E-state index is 0.902. The van der Waals surface area contributed by atoms with Gasteiger partial charge >= 0.3 is 5.97 Å². The van der Waals surface area contributed by atoms with Crippen LogP contribution in [0.2, 0.25) is 0 Å². The maximum atomic E-state index is 10.6. The Morgan fingerprint density at radius 1 is 1.32 bits per heavy atom. The van der Waals surface area contributed by atoms with Gasteiger partial charge < -0.3 is 5.11 Å². The number of unbranched alkanes of at least 4 members (excludes halogenated alkanes) is 3. The number of hydrogen-bond donors (Lipinski definition) is 1. The van der Waals surface area contributed by atoms with E-state index in [1.165, 1.54) is 42.2 Å². The van der Waals surface area contributed by atoms with Crippen LogP contribution in [0, 0.1) is 0 Å². The van der Waals surface area contributed by atoms with Crippen LogP contribution < -0.4 is 0 Å². The summed E-state index contributed by atoms with van der Waals surface area (Å²) in [6.07, 6.45) is 11.0. The van der Waals surface area contributed by atoms with Gasteiger partial charge in [-0.15, -0.1) is 11.8 Å². The van der Waals surface area contributed by atoms with Gasteiger partial charge in [0.2, 0.25) is 0 Å². The predicted molar refractivity (Wildman–Crippen MR) is 82.7 cm³/mol. The molecule has 0 saturated heterocycles. The highest BCUT2D eigenvalue weighted by Crippen LogP contribution is 2.27. The predicted octanol–water partition coefficient (Wildman–Crippen LogP) is 4.63. The lowest BCUT2D eigenvalue weighted by molar-refractivity contribution is -0.131. The average Bonchev–Trinajstić information content (AvgIpc) is 2.41. The molecular formula is C16H22O2S. The summed E-state index contributed by atoms with van der Waals surface area (Å²) in [6.45, 7) is 2.21. The third-order valence-corrected chi connectivity index (χ3v) is 3.94. The molecule has 1 aromatic carbocycles. The van der Waals surface area contributed by atoms with Gasteiger partial charge in [-0.05, 0) is 36.3 Å². The van der Waals surface area contributed by atoms with Crippen LogP contribution in [0.1, 0.15) is 43.7 Å². The second kappa shape index (κ2) is 8.81. The number of benzene rings is 1. The van der Waals surface area contributed by atoms with Crippen molar-refractivity contribution in [3.8, 4) is 0 Å². The highest BCUT2D eigenvalue weighted by atomic mass is 32.2. The number of aliphatic carboxylic acids is 1. The minimum Gasteiger partial charge on any atom is -0.478 e. The number of aryl methyl sites for hydroxylation is 1. The monoisotopic (exact) mass is 278 g/mol. The lowest BCUT2D eigenvalue weighted by atomic mass is 10.0. The largest absolute Gasteiger partial charge is 0.478 e. The van der Waals surface area contributed by atoms with Crippen LogP contribution in [0.4, 0.5) is 0 Å². The molecular weight excluding hydrogens is 256 g/mol. The molecule has 2 nitrogen and oxygen atoms in total. The summed E-state index contributed by atoms with van der Waals surface area (Å²) < 4.78 is 0. The number of carboxylic acid groups (broad SMARTS) is 1. The van der Waals surface area contributed by atoms with E-state index < -0.39 is 5.97 Å². The Hall–Kier alpha value is -1.22. The summed E-state index contributed by atoms with van der Waals surface area (Å²) in [7, 11) is 0. The number of rotatable bonds is 8. The minimum atomic E-state index is -0.902. The van der Waals surface area contributed by atoms with Crippen molar-refractivity contribution in [2.45, 2.75) is 43.9 Å². The van der Waals surface area contributed by atoms with E-state index in [0.717, 1.165) is 12.0 Å². The lowest BCUT2D eigenvalue weighted by Crippen LogP contribution is -1.93. The molecule has 104 valence electrons. The Balaban J connectivity index is 2.80. The number of carboxylic acids is 1. The Bertz CT molecular complexity index is 438. The van der Waals surface area contributed by atoms with Crippen LogP contribution in [-0.4, -0.2) is 17.3 Å². The van der Waals surface area contributed by atoms with Crippen LogP contribution in [0.5, 0.6) is 0 Å². The molecule has 19 heavy (non-hydrogen) atoms. The molecule has 0 amide bonds. The second-order valence-corrected chi connectivity index (χ2v) is 5.34. The van der Waals surface area contributed by atoms with Gasteiger partial charge in [0.1, 0.15) is 0 Å². The van der Waals surface area contributed by atoms with Crippen LogP contribution >= 0.6 is 11.8 Å². The lowest BCUT2D eigenvalue weighted by Gasteiger charge is -2.10. The summed E-state index contributed by atoms with van der Waals surface area (Å²) >= 11 is 1.69. The van der Waals surface area contributed by atoms with E-state index in [-0.39, 0.29) is 0 Å². The highest BCUT2D eigenvalue weighted by Gasteiger charge is 2.05. The number of carbonyl (C=O) groups is 1. The molecule has 0 radical (unpaired) electrons. The maximum Gasteiger partial charge on any atom is 0.328 e. The van der Waals surface area contributed by atoms with Gasteiger partial charge in [0, 0.05) is 11.0 Å². The zero-order valence-corrected chi connectivity index (χ0v) is 12.5. The standard InChI is InChI=1S/C16H22O2S/c1-3-4-5-6-8-13-9-7-10-14(16(13)19-2)11-12-15(17)18/h7,9-12H,3-6,8H2,1-2H3,(H,17,18)/b12-11+. The molecule has 0 spiro atoms. The average molecular weight is 278 g/mol. The summed E-state index contributed by atoms with van der Waals surface area (Å²) in [6, 6.07) is 6.13. The SMILES string of the molecule is CCCCCCc1cccc(/C=C/C(=O)O)c1SC. The van der Waals surface area contributed by atoms with Crippen molar-refractivity contribution < 1.29 is 9.90 Å². The third kappa shape index (κ3) is 5.52. The molecule has 3 heteroatoms. The van der Waals surface area contributed by atoms with Gasteiger partial charge in [0.05, 0.1) is 0 Å². The van der Waals surface area contributed by atoms with Crippen LogP contribution in [-0.2, 0) is 11.2 Å². The third-order valence-electron chi connectivity index (χ3n) is 3.04. The quantitative estimate of drug-likeness (QED) is 0.428. The molecule has 1 aromatic rings. The van der Waals surface area contributed by atoms with Crippen molar-refractivity contribution in [1.29, 1.82) is 0 Å². The molecule has 1 N–H and O–H groups in total. The summed E-state index contributed by atoms with van der Waals surface area (Å²) in [4.78, 5) is 11.8. The van der Waals surface area contributed by atoms with Gasteiger partial charge in [-0.3, -0.25) is 0 Å². The highest BCUT2D eigenvalue weighted by molar-refractivity contribution is 7.98. The molecule has 0 atom stereocenters. The second-order valence-electron chi connectivity index (χ2n) is 4.52. The number of thioether (sulfide) groups is 1. The maximum absolute atomic E-state index is 10.6. The van der Waals surface area contributed by atoms with Crippen molar-refractivity contribution in [3.05, 3.63) is 35.4 Å². The van der Waals surface area contributed by atoms with Gasteiger partial charge in [-0.2, -0.15) is 0 Å². The molecule has 0 aliphatic heterocycles. The van der Waals surface area contributed by atoms with E-state index in [1.807, 2.05) is 18.4 Å². The zero-order valence-electron chi connectivity index (χ0n) is 11.7. The van der Waals surface area contributed by atoms with Crippen molar-refractivity contribution in [3.63, 3.8) is 0 Å². The first-order valence-electron chi connectivity index (χ1n) is 6.76. The van der Waals surface area contributed by atoms with Gasteiger partial charge in [0.15, 0.2) is 0 Å². The van der Waals surface area contributed by atoms with E-state index in [4.69, 9.17) is 5.11 Å². The smallest absolute Gasteiger partial charge is 0.328 e. The van der Waals surface area contributed by atoms with Crippen LogP contribution in [0.3, 0.4) is 0 Å². The van der Waals surface area contributed by atoms with E-state index in [2.05, 4.69) is 13.0 Å². The van der Waals surface area contributed by atoms with Crippen LogP contribution in [0.15, 0.2) is 29.2 Å². The van der Waals surface area contributed by atoms with Crippen molar-refractivity contribution >= 4 is 23.8 Å². The molecule has 0 unspecified atom stereocenters. The molecule has 0 aliphatic rings. The first kappa shape index (κ1) is 15.8. The van der Waals surface area contributed by atoms with Gasteiger partial charge in [-0.1, -0.05) is 44.4 Å². The van der Waals surface area contributed by atoms with E-state index >= 15 is 0 Å². The van der Waals surface area contributed by atoms with Crippen LogP contribution in [0.25, 0.3) is 6.08 Å². The Morgan fingerprint density at radius 2 is 2.11 bits per heavy atom. The fraction of sp³-hybridized carbons (Fsp3) is 0.438. The topological polar surface area (TPSA) is 37.3 Å². The van der Waals surface area contributed by atoms with E-state index in [1.54, 1.807) is 17.8 Å². The Labute approximate surface area is 119 Å². The fourth-order valence-corrected chi connectivity index (χ4v) is 2.89. The van der Waals surface area contributed by atoms with Gasteiger partial charge in [0.25, 0.3) is 0 Å². The molecule has 1 rings (SSSR count). The summed E-state index contributed by atoms with van der Waals surface area (Å²) in [5.41, 5.74) is 2.33. The Morgan fingerprint density at radius 3 is 2.74 bits per heavy atom. The molecule has 0 aromatic heterocycles. The summed E-state index contributed by atoms with van der Waals surface area (Å²) in [5, 5.41) is 8.71. The van der Waals surface area contributed by atoms with Gasteiger partial charge in [-0.25, -0.2) is 4.79 Å². The molecule has 0 aliphatic carbocycles. The van der Waals surface area contributed by atoms with Crippen molar-refractivity contribution in [1.82, 2.24) is 0 Å². The first-order valence-corrected chi connectivity index (χ1v) is 7.98. The molecule has 0 heterocycles. The molecule has 0 fully saturated rings. The van der Waals surface area contributed by atoms with Crippen molar-refractivity contribution in [2.75, 3.05) is 6.26 Å². The summed E-state index contributed by atoms with van der Waals surface area (Å²) in [5.74, 6) is -0.902. The number of hydrogen-bond acceptors (Lipinski definition) is 2. The normalized spacial score (nSPS) is 11.1. The Kier molecular flexibility index (Phi) is 7.34.